The SMILES string of the molecule is CNCC[C@@](O)(c1cccc2ccccc12)[C@H](c1ccccc1)c1cc2cc(Cl)ccc2nc1OC. The van der Waals surface area contributed by atoms with Crippen LogP contribution in [0.25, 0.3) is 21.7 Å². The Morgan fingerprint density at radius 1 is 0.917 bits per heavy atom. The van der Waals surface area contributed by atoms with Crippen LogP contribution in [-0.4, -0.2) is 30.8 Å². The number of pyridine rings is 1. The van der Waals surface area contributed by atoms with Crippen LogP contribution >= 0.6 is 11.6 Å². The lowest BCUT2D eigenvalue weighted by Gasteiger charge is -2.39. The smallest absolute Gasteiger partial charge is 0.217 e. The third-order valence-electron chi connectivity index (χ3n) is 6.90. The maximum absolute atomic E-state index is 12.9. The normalized spacial score (nSPS) is 14.0. The Balaban J connectivity index is 1.84. The molecule has 0 amide bonds. The number of aromatic nitrogens is 1. The number of rotatable bonds is 8. The molecule has 36 heavy (non-hydrogen) atoms. The highest BCUT2D eigenvalue weighted by atomic mass is 35.5. The van der Waals surface area contributed by atoms with E-state index in [0.29, 0.717) is 23.9 Å². The van der Waals surface area contributed by atoms with E-state index < -0.39 is 11.5 Å². The zero-order chi connectivity index (χ0) is 25.1. The fourth-order valence-electron chi connectivity index (χ4n) is 5.23. The molecule has 0 aliphatic heterocycles. The van der Waals surface area contributed by atoms with Crippen molar-refractivity contribution in [1.29, 1.82) is 0 Å². The van der Waals surface area contributed by atoms with Crippen molar-refractivity contribution in [3.8, 4) is 5.88 Å². The number of nitrogens with one attached hydrogen (secondary N) is 1. The molecule has 5 aromatic rings. The summed E-state index contributed by atoms with van der Waals surface area (Å²) in [4.78, 5) is 4.82. The van der Waals surface area contributed by atoms with Gasteiger partial charge in [-0.05, 0) is 66.2 Å². The average molecular weight is 497 g/mol. The van der Waals surface area contributed by atoms with Gasteiger partial charge in [0.1, 0.15) is 5.60 Å². The van der Waals surface area contributed by atoms with Crippen molar-refractivity contribution < 1.29 is 9.84 Å². The van der Waals surface area contributed by atoms with Crippen LogP contribution in [0.4, 0.5) is 0 Å². The minimum Gasteiger partial charge on any atom is -0.481 e. The molecule has 0 bridgehead atoms. The maximum atomic E-state index is 12.9. The fourth-order valence-corrected chi connectivity index (χ4v) is 5.41. The number of ether oxygens (including phenoxy) is 1. The highest BCUT2D eigenvalue weighted by molar-refractivity contribution is 6.31. The minimum atomic E-state index is -1.27. The van der Waals surface area contributed by atoms with Gasteiger partial charge in [-0.25, -0.2) is 4.98 Å². The summed E-state index contributed by atoms with van der Waals surface area (Å²) in [6.45, 7) is 0.623. The summed E-state index contributed by atoms with van der Waals surface area (Å²) in [7, 11) is 3.53. The number of halogens is 1. The van der Waals surface area contributed by atoms with E-state index in [1.54, 1.807) is 7.11 Å². The van der Waals surface area contributed by atoms with Crippen LogP contribution in [0, 0.1) is 0 Å². The molecule has 0 unspecified atom stereocenters. The second-order valence-corrected chi connectivity index (χ2v) is 9.51. The predicted octanol–water partition coefficient (Wildman–Crippen LogP) is 6.68. The number of fused-ring (bicyclic) bond motifs is 2. The first-order valence-electron chi connectivity index (χ1n) is 12.1. The second kappa shape index (κ2) is 10.3. The maximum Gasteiger partial charge on any atom is 0.217 e. The Hall–Kier alpha value is -3.44. The van der Waals surface area contributed by atoms with Crippen LogP contribution in [-0.2, 0) is 5.60 Å². The molecule has 2 N–H and O–H groups in total. The second-order valence-electron chi connectivity index (χ2n) is 9.07. The van der Waals surface area contributed by atoms with E-state index in [0.717, 1.165) is 38.4 Å². The van der Waals surface area contributed by atoms with Crippen molar-refractivity contribution >= 4 is 33.3 Å². The summed E-state index contributed by atoms with van der Waals surface area (Å²) >= 11 is 6.34. The zero-order valence-electron chi connectivity index (χ0n) is 20.4. The van der Waals surface area contributed by atoms with Gasteiger partial charge in [0.2, 0.25) is 5.88 Å². The summed E-state index contributed by atoms with van der Waals surface area (Å²) < 4.78 is 5.84. The summed E-state index contributed by atoms with van der Waals surface area (Å²) in [6.07, 6.45) is 0.480. The molecule has 4 nitrogen and oxygen atoms in total. The molecule has 1 heterocycles. The van der Waals surface area contributed by atoms with Crippen LogP contribution in [0.3, 0.4) is 0 Å². The first-order chi connectivity index (χ1) is 17.5. The van der Waals surface area contributed by atoms with E-state index in [9.17, 15) is 5.11 Å². The third kappa shape index (κ3) is 4.44. The number of nitrogens with zero attached hydrogens (tertiary/aromatic N) is 1. The van der Waals surface area contributed by atoms with Gasteiger partial charge >= 0.3 is 0 Å². The van der Waals surface area contributed by atoms with Crippen molar-refractivity contribution in [3.05, 3.63) is 119 Å². The number of methoxy groups -OCH3 is 1. The molecule has 5 rings (SSSR count). The van der Waals surface area contributed by atoms with E-state index in [4.69, 9.17) is 21.3 Å². The molecule has 0 spiro atoms. The predicted molar refractivity (Wildman–Crippen MR) is 148 cm³/mol. The van der Waals surface area contributed by atoms with E-state index in [-0.39, 0.29) is 0 Å². The molecule has 0 radical (unpaired) electrons. The van der Waals surface area contributed by atoms with Gasteiger partial charge in [0.25, 0.3) is 0 Å². The van der Waals surface area contributed by atoms with Crippen LogP contribution in [0.1, 0.15) is 29.0 Å². The molecule has 5 heteroatoms. The molecule has 0 saturated heterocycles. The molecule has 4 aromatic carbocycles. The van der Waals surface area contributed by atoms with Crippen LogP contribution in [0.15, 0.2) is 97.1 Å². The van der Waals surface area contributed by atoms with Gasteiger partial charge in [-0.3, -0.25) is 0 Å². The number of aliphatic hydroxyl groups is 1. The molecular weight excluding hydrogens is 468 g/mol. The molecule has 0 saturated carbocycles. The Kier molecular flexibility index (Phi) is 6.92. The van der Waals surface area contributed by atoms with Crippen molar-refractivity contribution in [2.24, 2.45) is 0 Å². The summed E-state index contributed by atoms with van der Waals surface area (Å²) in [5.41, 5.74) is 2.18. The van der Waals surface area contributed by atoms with Crippen molar-refractivity contribution in [1.82, 2.24) is 10.3 Å². The number of hydrogen-bond donors (Lipinski definition) is 2. The van der Waals surface area contributed by atoms with Gasteiger partial charge in [0.15, 0.2) is 0 Å². The van der Waals surface area contributed by atoms with E-state index in [2.05, 4.69) is 41.7 Å². The first-order valence-corrected chi connectivity index (χ1v) is 12.5. The summed E-state index contributed by atoms with van der Waals surface area (Å²) in [5.74, 6) is 0.0329. The monoisotopic (exact) mass is 496 g/mol. The Bertz CT molecular complexity index is 1500. The lowest BCUT2D eigenvalue weighted by molar-refractivity contribution is 0.0118. The van der Waals surface area contributed by atoms with Crippen LogP contribution < -0.4 is 10.1 Å². The molecule has 0 aliphatic carbocycles. The fraction of sp³-hybridized carbons (Fsp3) is 0.194. The van der Waals surface area contributed by atoms with E-state index >= 15 is 0 Å². The third-order valence-corrected chi connectivity index (χ3v) is 7.13. The van der Waals surface area contributed by atoms with Gasteiger partial charge in [-0.15, -0.1) is 0 Å². The van der Waals surface area contributed by atoms with Gasteiger partial charge in [0.05, 0.1) is 12.6 Å². The highest BCUT2D eigenvalue weighted by Crippen LogP contribution is 2.48. The van der Waals surface area contributed by atoms with Crippen molar-refractivity contribution in [2.45, 2.75) is 17.9 Å². The molecular formula is C31H29ClN2O2. The quantitative estimate of drug-likeness (QED) is 0.251. The standard InChI is InChI=1S/C31H29ClN2O2/c1-33-18-17-31(35,27-14-8-12-21-9-6-7-13-25(21)27)29(22-10-4-3-5-11-22)26-20-23-19-24(32)15-16-28(23)34-30(26)36-2/h3-16,19-20,29,33,35H,17-18H2,1-2H3/t29-,31-/m1/s1. The molecule has 182 valence electrons. The lowest BCUT2D eigenvalue weighted by Crippen LogP contribution is -2.37. The number of benzene rings is 4. The number of hydrogen-bond acceptors (Lipinski definition) is 4. The van der Waals surface area contributed by atoms with Crippen LogP contribution in [0.5, 0.6) is 5.88 Å². The van der Waals surface area contributed by atoms with Gasteiger partial charge in [0, 0.05) is 21.9 Å². The summed E-state index contributed by atoms with van der Waals surface area (Å²) in [6, 6.07) is 32.1. The Morgan fingerprint density at radius 3 is 2.44 bits per heavy atom. The largest absolute Gasteiger partial charge is 0.481 e. The van der Waals surface area contributed by atoms with Gasteiger partial charge in [-0.1, -0.05) is 84.4 Å². The topological polar surface area (TPSA) is 54.4 Å². The van der Waals surface area contributed by atoms with Crippen molar-refractivity contribution in [3.63, 3.8) is 0 Å². The van der Waals surface area contributed by atoms with Gasteiger partial charge < -0.3 is 15.2 Å². The van der Waals surface area contributed by atoms with E-state index in [1.165, 1.54) is 0 Å². The highest BCUT2D eigenvalue weighted by Gasteiger charge is 2.42. The molecule has 0 fully saturated rings. The average Bonchev–Trinajstić information content (AvgIpc) is 2.92. The van der Waals surface area contributed by atoms with Crippen molar-refractivity contribution in [2.75, 3.05) is 20.7 Å². The van der Waals surface area contributed by atoms with E-state index in [1.807, 2.05) is 67.7 Å². The zero-order valence-corrected chi connectivity index (χ0v) is 21.2. The molecule has 1 aromatic heterocycles. The lowest BCUT2D eigenvalue weighted by atomic mass is 9.70. The molecule has 0 aliphatic rings. The molecule has 2 atom stereocenters. The summed E-state index contributed by atoms with van der Waals surface area (Å²) in [5, 5.41) is 19.8. The minimum absolute atomic E-state index is 0.455. The Morgan fingerprint density at radius 2 is 1.67 bits per heavy atom. The Labute approximate surface area is 216 Å². The van der Waals surface area contributed by atoms with Gasteiger partial charge in [-0.2, -0.15) is 0 Å². The van der Waals surface area contributed by atoms with Crippen LogP contribution in [0.2, 0.25) is 5.02 Å². The first kappa shape index (κ1) is 24.3.